The minimum absolute atomic E-state index is 0.428. The topological polar surface area (TPSA) is 3.24 Å². The number of rotatable bonds is 4. The summed E-state index contributed by atoms with van der Waals surface area (Å²) in [6.45, 7) is 7.38. The highest BCUT2D eigenvalue weighted by molar-refractivity contribution is 6.33. The number of para-hydroxylation sites is 1. The molecule has 1 rings (SSSR count). The first-order chi connectivity index (χ1) is 7.11. The molecular formula is C12H17Cl2N. The zero-order valence-corrected chi connectivity index (χ0v) is 10.9. The second-order valence-corrected chi connectivity index (χ2v) is 4.44. The van der Waals surface area contributed by atoms with Gasteiger partial charge in [0.15, 0.2) is 0 Å². The fourth-order valence-electron chi connectivity index (χ4n) is 1.77. The monoisotopic (exact) mass is 245 g/mol. The molecule has 3 heteroatoms. The highest BCUT2D eigenvalue weighted by Gasteiger charge is 2.15. The Labute approximate surface area is 102 Å². The van der Waals surface area contributed by atoms with Crippen LogP contribution in [0, 0.1) is 0 Å². The molecule has 1 aromatic carbocycles. The van der Waals surface area contributed by atoms with Crippen LogP contribution in [-0.2, 0) is 5.88 Å². The van der Waals surface area contributed by atoms with Gasteiger partial charge in [-0.2, -0.15) is 0 Å². The SMILES string of the molecule is CCN(c1c(Cl)cccc1CCl)C(C)C. The van der Waals surface area contributed by atoms with Gasteiger partial charge in [-0.25, -0.2) is 0 Å². The molecule has 0 aromatic heterocycles. The van der Waals surface area contributed by atoms with Crippen molar-refractivity contribution < 1.29 is 0 Å². The first-order valence-corrected chi connectivity index (χ1v) is 6.13. The Morgan fingerprint density at radius 2 is 2.00 bits per heavy atom. The Kier molecular flexibility index (Phi) is 4.75. The second kappa shape index (κ2) is 5.62. The van der Waals surface area contributed by atoms with Gasteiger partial charge < -0.3 is 4.90 Å². The summed E-state index contributed by atoms with van der Waals surface area (Å²) >= 11 is 12.1. The van der Waals surface area contributed by atoms with Crippen LogP contribution >= 0.6 is 23.2 Å². The molecule has 0 bridgehead atoms. The van der Waals surface area contributed by atoms with E-state index in [9.17, 15) is 0 Å². The van der Waals surface area contributed by atoms with E-state index in [0.717, 1.165) is 22.8 Å². The van der Waals surface area contributed by atoms with Crippen LogP contribution in [0.5, 0.6) is 0 Å². The Balaban J connectivity index is 3.20. The molecule has 0 saturated heterocycles. The number of anilines is 1. The van der Waals surface area contributed by atoms with Crippen molar-refractivity contribution in [1.82, 2.24) is 0 Å². The molecule has 0 saturated carbocycles. The highest BCUT2D eigenvalue weighted by Crippen LogP contribution is 2.32. The smallest absolute Gasteiger partial charge is 0.0642 e. The molecule has 0 fully saturated rings. The van der Waals surface area contributed by atoms with Crippen LogP contribution in [0.2, 0.25) is 5.02 Å². The molecule has 1 nitrogen and oxygen atoms in total. The summed E-state index contributed by atoms with van der Waals surface area (Å²) in [4.78, 5) is 2.26. The van der Waals surface area contributed by atoms with Crippen molar-refractivity contribution in [3.8, 4) is 0 Å². The molecule has 84 valence electrons. The second-order valence-electron chi connectivity index (χ2n) is 3.76. The van der Waals surface area contributed by atoms with Crippen molar-refractivity contribution in [3.05, 3.63) is 28.8 Å². The van der Waals surface area contributed by atoms with Crippen molar-refractivity contribution in [3.63, 3.8) is 0 Å². The molecule has 0 N–H and O–H groups in total. The van der Waals surface area contributed by atoms with E-state index in [0.29, 0.717) is 11.9 Å². The molecule has 0 radical (unpaired) electrons. The Morgan fingerprint density at radius 3 is 2.47 bits per heavy atom. The highest BCUT2D eigenvalue weighted by atomic mass is 35.5. The predicted octanol–water partition coefficient (Wildman–Crippen LogP) is 4.31. The van der Waals surface area contributed by atoms with Gasteiger partial charge in [0.05, 0.1) is 10.7 Å². The van der Waals surface area contributed by atoms with E-state index in [2.05, 4.69) is 25.7 Å². The summed E-state index contributed by atoms with van der Waals surface area (Å²) in [6, 6.07) is 6.31. The Hall–Kier alpha value is -0.400. The third-order valence-electron chi connectivity index (χ3n) is 2.47. The van der Waals surface area contributed by atoms with E-state index in [4.69, 9.17) is 23.2 Å². The molecule has 0 aliphatic rings. The zero-order valence-electron chi connectivity index (χ0n) is 9.43. The van der Waals surface area contributed by atoms with Crippen LogP contribution in [0.4, 0.5) is 5.69 Å². The van der Waals surface area contributed by atoms with Crippen molar-refractivity contribution in [2.45, 2.75) is 32.7 Å². The van der Waals surface area contributed by atoms with E-state index in [1.807, 2.05) is 18.2 Å². The van der Waals surface area contributed by atoms with Gasteiger partial charge in [-0.3, -0.25) is 0 Å². The number of hydrogen-bond donors (Lipinski definition) is 0. The van der Waals surface area contributed by atoms with Crippen molar-refractivity contribution in [2.24, 2.45) is 0 Å². The molecule has 0 amide bonds. The van der Waals surface area contributed by atoms with Crippen LogP contribution in [0.15, 0.2) is 18.2 Å². The largest absolute Gasteiger partial charge is 0.368 e. The van der Waals surface area contributed by atoms with Gasteiger partial charge in [0, 0.05) is 18.5 Å². The third kappa shape index (κ3) is 2.79. The summed E-state index contributed by atoms with van der Waals surface area (Å²) < 4.78 is 0. The van der Waals surface area contributed by atoms with E-state index in [1.54, 1.807) is 0 Å². The van der Waals surface area contributed by atoms with Crippen molar-refractivity contribution >= 4 is 28.9 Å². The minimum atomic E-state index is 0.428. The van der Waals surface area contributed by atoms with Crippen LogP contribution in [0.25, 0.3) is 0 Å². The van der Waals surface area contributed by atoms with Crippen molar-refractivity contribution in [2.75, 3.05) is 11.4 Å². The molecule has 0 unspecified atom stereocenters. The third-order valence-corrected chi connectivity index (χ3v) is 3.06. The molecular weight excluding hydrogens is 229 g/mol. The lowest BCUT2D eigenvalue weighted by Gasteiger charge is -2.30. The van der Waals surface area contributed by atoms with Gasteiger partial charge in [0.25, 0.3) is 0 Å². The quantitative estimate of drug-likeness (QED) is 0.715. The fourth-order valence-corrected chi connectivity index (χ4v) is 2.29. The van der Waals surface area contributed by atoms with Crippen LogP contribution in [0.1, 0.15) is 26.3 Å². The van der Waals surface area contributed by atoms with Crippen LogP contribution in [-0.4, -0.2) is 12.6 Å². The molecule has 0 aliphatic carbocycles. The minimum Gasteiger partial charge on any atom is -0.368 e. The van der Waals surface area contributed by atoms with E-state index in [1.165, 1.54) is 0 Å². The van der Waals surface area contributed by atoms with Crippen LogP contribution in [0.3, 0.4) is 0 Å². The Morgan fingerprint density at radius 1 is 1.33 bits per heavy atom. The van der Waals surface area contributed by atoms with Crippen LogP contribution < -0.4 is 4.90 Å². The molecule has 0 heterocycles. The van der Waals surface area contributed by atoms with Gasteiger partial charge in [-0.1, -0.05) is 23.7 Å². The van der Waals surface area contributed by atoms with E-state index < -0.39 is 0 Å². The van der Waals surface area contributed by atoms with E-state index in [-0.39, 0.29) is 0 Å². The molecule has 1 aromatic rings. The maximum Gasteiger partial charge on any atom is 0.0642 e. The number of benzene rings is 1. The Bertz CT molecular complexity index is 323. The number of nitrogens with zero attached hydrogens (tertiary/aromatic N) is 1. The number of alkyl halides is 1. The molecule has 0 aliphatic heterocycles. The average Bonchev–Trinajstić information content (AvgIpc) is 2.21. The fraction of sp³-hybridized carbons (Fsp3) is 0.500. The van der Waals surface area contributed by atoms with Gasteiger partial charge in [0.1, 0.15) is 0 Å². The lowest BCUT2D eigenvalue weighted by Crippen LogP contribution is -2.31. The lowest BCUT2D eigenvalue weighted by molar-refractivity contribution is 0.701. The molecule has 0 atom stereocenters. The maximum absolute atomic E-state index is 6.23. The standard InChI is InChI=1S/C12H17Cl2N/c1-4-15(9(2)3)12-10(8-13)6-5-7-11(12)14/h5-7,9H,4,8H2,1-3H3. The van der Waals surface area contributed by atoms with Gasteiger partial charge >= 0.3 is 0 Å². The maximum atomic E-state index is 6.23. The summed E-state index contributed by atoms with van der Waals surface area (Å²) in [6.07, 6.45) is 0. The van der Waals surface area contributed by atoms with Crippen molar-refractivity contribution in [1.29, 1.82) is 0 Å². The van der Waals surface area contributed by atoms with E-state index >= 15 is 0 Å². The van der Waals surface area contributed by atoms with Gasteiger partial charge in [0.2, 0.25) is 0 Å². The number of halogens is 2. The first kappa shape index (κ1) is 12.7. The predicted molar refractivity (Wildman–Crippen MR) is 69.2 cm³/mol. The molecule has 0 spiro atoms. The van der Waals surface area contributed by atoms with Gasteiger partial charge in [-0.15, -0.1) is 11.6 Å². The number of hydrogen-bond acceptors (Lipinski definition) is 1. The van der Waals surface area contributed by atoms with Gasteiger partial charge in [-0.05, 0) is 32.4 Å². The summed E-state index contributed by atoms with van der Waals surface area (Å²) in [7, 11) is 0. The summed E-state index contributed by atoms with van der Waals surface area (Å²) in [5.41, 5.74) is 2.17. The summed E-state index contributed by atoms with van der Waals surface area (Å²) in [5, 5.41) is 0.781. The summed E-state index contributed by atoms with van der Waals surface area (Å²) in [5.74, 6) is 0.499. The average molecular weight is 246 g/mol. The molecule has 15 heavy (non-hydrogen) atoms. The normalized spacial score (nSPS) is 10.8. The lowest BCUT2D eigenvalue weighted by atomic mass is 10.1. The zero-order chi connectivity index (χ0) is 11.4. The first-order valence-electron chi connectivity index (χ1n) is 5.21.